The molecular formula is C20H18O7. The summed E-state index contributed by atoms with van der Waals surface area (Å²) in [5.74, 6) is 0.303. The number of aromatic hydroxyl groups is 1. The van der Waals surface area contributed by atoms with Gasteiger partial charge in [-0.25, -0.2) is 4.79 Å². The fraction of sp³-hybridized carbons (Fsp3) is 0.200. The van der Waals surface area contributed by atoms with Gasteiger partial charge in [-0.05, 0) is 31.5 Å². The lowest BCUT2D eigenvalue weighted by Gasteiger charge is -2.10. The first-order valence-corrected chi connectivity index (χ1v) is 8.20. The Morgan fingerprint density at radius 1 is 1.11 bits per heavy atom. The van der Waals surface area contributed by atoms with Crippen LogP contribution in [-0.2, 0) is 4.74 Å². The van der Waals surface area contributed by atoms with Gasteiger partial charge in [0.05, 0.1) is 18.8 Å². The molecule has 0 aliphatic carbocycles. The fourth-order valence-electron chi connectivity index (χ4n) is 2.55. The topological polar surface area (TPSA) is 95.2 Å². The summed E-state index contributed by atoms with van der Waals surface area (Å²) >= 11 is 0. The van der Waals surface area contributed by atoms with E-state index in [1.807, 2.05) is 0 Å². The average Bonchev–Trinajstić information content (AvgIpc) is 2.61. The highest BCUT2D eigenvalue weighted by molar-refractivity contribution is 5.88. The van der Waals surface area contributed by atoms with Gasteiger partial charge in [0.15, 0.2) is 0 Å². The second-order valence-electron chi connectivity index (χ2n) is 6.04. The van der Waals surface area contributed by atoms with E-state index in [0.29, 0.717) is 11.3 Å². The van der Waals surface area contributed by atoms with Crippen LogP contribution in [0.15, 0.2) is 51.9 Å². The molecule has 0 fully saturated rings. The first-order chi connectivity index (χ1) is 12.9. The molecular weight excluding hydrogens is 352 g/mol. The zero-order valence-corrected chi connectivity index (χ0v) is 15.0. The van der Waals surface area contributed by atoms with Gasteiger partial charge >= 0.3 is 6.16 Å². The van der Waals surface area contributed by atoms with Gasteiger partial charge in [0.2, 0.25) is 5.43 Å². The summed E-state index contributed by atoms with van der Waals surface area (Å²) in [7, 11) is 1.55. The van der Waals surface area contributed by atoms with E-state index in [2.05, 4.69) is 0 Å². The van der Waals surface area contributed by atoms with E-state index in [0.717, 1.165) is 0 Å². The molecule has 0 unspecified atom stereocenters. The summed E-state index contributed by atoms with van der Waals surface area (Å²) in [6, 6.07) is 9.38. The van der Waals surface area contributed by atoms with E-state index < -0.39 is 11.6 Å². The predicted octanol–water partition coefficient (Wildman–Crippen LogP) is 4.10. The molecule has 0 spiro atoms. The summed E-state index contributed by atoms with van der Waals surface area (Å²) in [6.45, 7) is 3.36. The zero-order chi connectivity index (χ0) is 19.6. The molecule has 1 heterocycles. The zero-order valence-electron chi connectivity index (χ0n) is 15.0. The quantitative estimate of drug-likeness (QED) is 0.546. The number of ether oxygens (including phenoxy) is 3. The van der Waals surface area contributed by atoms with Crippen LogP contribution in [-0.4, -0.2) is 24.5 Å². The Hall–Kier alpha value is -3.48. The molecule has 7 nitrogen and oxygen atoms in total. The van der Waals surface area contributed by atoms with E-state index in [4.69, 9.17) is 18.6 Å². The van der Waals surface area contributed by atoms with Gasteiger partial charge in [-0.3, -0.25) is 4.79 Å². The molecule has 0 bridgehead atoms. The van der Waals surface area contributed by atoms with Crippen LogP contribution in [0.2, 0.25) is 0 Å². The Bertz CT molecular complexity index is 1030. The minimum Gasteiger partial charge on any atom is -0.507 e. The van der Waals surface area contributed by atoms with Crippen molar-refractivity contribution in [3.8, 4) is 28.4 Å². The average molecular weight is 370 g/mol. The molecule has 3 aromatic rings. The molecule has 7 heteroatoms. The number of phenols is 1. The lowest BCUT2D eigenvalue weighted by atomic mass is 10.0. The summed E-state index contributed by atoms with van der Waals surface area (Å²) < 4.78 is 20.5. The highest BCUT2D eigenvalue weighted by Crippen LogP contribution is 2.31. The van der Waals surface area contributed by atoms with Gasteiger partial charge in [0, 0.05) is 12.1 Å². The van der Waals surface area contributed by atoms with Crippen LogP contribution in [0.25, 0.3) is 22.1 Å². The summed E-state index contributed by atoms with van der Waals surface area (Å²) in [4.78, 5) is 24.4. The van der Waals surface area contributed by atoms with Gasteiger partial charge in [0.25, 0.3) is 0 Å². The SMILES string of the molecule is COc1ccc(-c2coc3cc(OC(=O)OC(C)C)cc(O)c3c2=O)cc1. The van der Waals surface area contributed by atoms with Crippen molar-refractivity contribution in [1.82, 2.24) is 0 Å². The highest BCUT2D eigenvalue weighted by atomic mass is 16.7. The van der Waals surface area contributed by atoms with Gasteiger partial charge in [-0.2, -0.15) is 0 Å². The van der Waals surface area contributed by atoms with Crippen molar-refractivity contribution in [3.05, 3.63) is 52.9 Å². The number of fused-ring (bicyclic) bond motifs is 1. The maximum absolute atomic E-state index is 12.8. The monoisotopic (exact) mass is 370 g/mol. The number of carbonyl (C=O) groups excluding carboxylic acids is 1. The number of methoxy groups -OCH3 is 1. The van der Waals surface area contributed by atoms with Crippen LogP contribution in [0.5, 0.6) is 17.2 Å². The lowest BCUT2D eigenvalue weighted by molar-refractivity contribution is 0.0729. The molecule has 0 radical (unpaired) electrons. The number of hydrogen-bond donors (Lipinski definition) is 1. The Morgan fingerprint density at radius 2 is 1.81 bits per heavy atom. The van der Waals surface area contributed by atoms with Gasteiger partial charge < -0.3 is 23.7 Å². The molecule has 0 amide bonds. The van der Waals surface area contributed by atoms with Crippen molar-refractivity contribution in [2.75, 3.05) is 7.11 Å². The molecule has 0 saturated carbocycles. The summed E-state index contributed by atoms with van der Waals surface area (Å²) in [6.07, 6.45) is 0.0276. The molecule has 3 rings (SSSR count). The molecule has 140 valence electrons. The smallest absolute Gasteiger partial charge is 0.507 e. The van der Waals surface area contributed by atoms with Crippen LogP contribution in [0.1, 0.15) is 13.8 Å². The number of hydrogen-bond acceptors (Lipinski definition) is 7. The highest BCUT2D eigenvalue weighted by Gasteiger charge is 2.16. The minimum atomic E-state index is -0.916. The molecule has 0 saturated heterocycles. The van der Waals surface area contributed by atoms with Crippen LogP contribution in [0.3, 0.4) is 0 Å². The lowest BCUT2D eigenvalue weighted by Crippen LogP contribution is -2.15. The van der Waals surface area contributed by atoms with E-state index >= 15 is 0 Å². The van der Waals surface area contributed by atoms with E-state index in [-0.39, 0.29) is 34.1 Å². The first kappa shape index (κ1) is 18.3. The van der Waals surface area contributed by atoms with Crippen LogP contribution >= 0.6 is 0 Å². The number of carbonyl (C=O) groups is 1. The van der Waals surface area contributed by atoms with Crippen LogP contribution < -0.4 is 14.9 Å². The minimum absolute atomic E-state index is 0.00555. The Kier molecular flexibility index (Phi) is 5.03. The molecule has 2 aromatic carbocycles. The number of phenolic OH excluding ortho intramolecular Hbond substituents is 1. The predicted molar refractivity (Wildman–Crippen MR) is 98.4 cm³/mol. The third-order valence-electron chi connectivity index (χ3n) is 3.76. The standard InChI is InChI=1S/C20H18O7/c1-11(2)26-20(23)27-14-8-16(21)18-17(9-14)25-10-15(19(18)22)12-4-6-13(24-3)7-5-12/h4-11,21H,1-3H3. The molecule has 27 heavy (non-hydrogen) atoms. The van der Waals surface area contributed by atoms with Crippen molar-refractivity contribution < 1.29 is 28.5 Å². The summed E-state index contributed by atoms with van der Waals surface area (Å²) in [5.41, 5.74) is 0.583. The van der Waals surface area contributed by atoms with Crippen molar-refractivity contribution in [1.29, 1.82) is 0 Å². The third-order valence-corrected chi connectivity index (χ3v) is 3.76. The second-order valence-corrected chi connectivity index (χ2v) is 6.04. The van der Waals surface area contributed by atoms with Gasteiger partial charge in [-0.15, -0.1) is 0 Å². The number of rotatable bonds is 4. The van der Waals surface area contributed by atoms with Crippen LogP contribution in [0.4, 0.5) is 4.79 Å². The molecule has 0 aliphatic rings. The van der Waals surface area contributed by atoms with Crippen molar-refractivity contribution in [3.63, 3.8) is 0 Å². The van der Waals surface area contributed by atoms with Crippen LogP contribution in [0, 0.1) is 0 Å². The Balaban J connectivity index is 2.01. The Morgan fingerprint density at radius 3 is 2.44 bits per heavy atom. The largest absolute Gasteiger partial charge is 0.514 e. The third kappa shape index (κ3) is 3.87. The van der Waals surface area contributed by atoms with Crippen molar-refractivity contribution in [2.24, 2.45) is 0 Å². The van der Waals surface area contributed by atoms with Gasteiger partial charge in [-0.1, -0.05) is 12.1 Å². The van der Waals surface area contributed by atoms with Crippen molar-refractivity contribution >= 4 is 17.1 Å². The molecule has 1 N–H and O–H groups in total. The maximum Gasteiger partial charge on any atom is 0.514 e. The second kappa shape index (κ2) is 7.41. The molecule has 0 aliphatic heterocycles. The van der Waals surface area contributed by atoms with E-state index in [9.17, 15) is 14.7 Å². The summed E-state index contributed by atoms with van der Waals surface area (Å²) in [5, 5.41) is 10.3. The molecule has 0 atom stereocenters. The normalized spacial score (nSPS) is 10.8. The molecule has 1 aromatic heterocycles. The number of benzene rings is 2. The van der Waals surface area contributed by atoms with Gasteiger partial charge in [0.1, 0.15) is 34.5 Å². The van der Waals surface area contributed by atoms with E-state index in [1.165, 1.54) is 18.4 Å². The Labute approximate surface area is 154 Å². The van der Waals surface area contributed by atoms with E-state index in [1.54, 1.807) is 45.2 Å². The fourth-order valence-corrected chi connectivity index (χ4v) is 2.55. The maximum atomic E-state index is 12.8. The first-order valence-electron chi connectivity index (χ1n) is 8.20. The van der Waals surface area contributed by atoms with Crippen molar-refractivity contribution in [2.45, 2.75) is 20.0 Å².